The van der Waals surface area contributed by atoms with Crippen molar-refractivity contribution in [1.82, 2.24) is 4.90 Å². The molecule has 1 fully saturated rings. The van der Waals surface area contributed by atoms with Crippen LogP contribution in [0.1, 0.15) is 6.42 Å². The second-order valence-corrected chi connectivity index (χ2v) is 2.24. The molecule has 1 aliphatic heterocycles. The molecule has 10 heavy (non-hydrogen) atoms. The first-order valence-corrected chi connectivity index (χ1v) is 3.52. The zero-order valence-electron chi connectivity index (χ0n) is 6.05. The summed E-state index contributed by atoms with van der Waals surface area (Å²) in [6, 6.07) is 0. The number of nitrogens with zero attached hydrogens (tertiary/aromatic N) is 1. The minimum absolute atomic E-state index is 0.736. The fourth-order valence-corrected chi connectivity index (χ4v) is 0.942. The Morgan fingerprint density at radius 1 is 1.50 bits per heavy atom. The largest absolute Gasteiger partial charge is 0.379 e. The summed E-state index contributed by atoms with van der Waals surface area (Å²) in [5.41, 5.74) is 0. The maximum Gasteiger partial charge on any atom is 0.0594 e. The highest BCUT2D eigenvalue weighted by Gasteiger charge is 2.08. The fraction of sp³-hybridized carbons (Fsp3) is 0.625. The third kappa shape index (κ3) is 2.38. The molecule has 1 rings (SSSR count). The summed E-state index contributed by atoms with van der Waals surface area (Å²) >= 11 is 0. The van der Waals surface area contributed by atoms with Crippen LogP contribution < -0.4 is 0 Å². The minimum Gasteiger partial charge on any atom is -0.379 e. The SMILES string of the molecule is C#CC[CH]N1CCOCC1. The second-order valence-electron chi connectivity index (χ2n) is 2.24. The van der Waals surface area contributed by atoms with Crippen molar-refractivity contribution in [2.45, 2.75) is 6.42 Å². The molecule has 1 radical (unpaired) electrons. The van der Waals surface area contributed by atoms with Crippen LogP contribution in [0.3, 0.4) is 0 Å². The number of ether oxygens (including phenoxy) is 1. The summed E-state index contributed by atoms with van der Waals surface area (Å²) in [5.74, 6) is 2.58. The standard InChI is InChI=1S/C8H12NO/c1-2-3-4-9-5-7-10-8-6-9/h1,4H,3,5-8H2. The van der Waals surface area contributed by atoms with Gasteiger partial charge in [0.1, 0.15) is 0 Å². The highest BCUT2D eigenvalue weighted by atomic mass is 16.5. The highest BCUT2D eigenvalue weighted by Crippen LogP contribution is 2.00. The number of rotatable bonds is 2. The van der Waals surface area contributed by atoms with Gasteiger partial charge in [0.2, 0.25) is 0 Å². The third-order valence-corrected chi connectivity index (χ3v) is 1.51. The Labute approximate surface area is 62.2 Å². The molecule has 0 amide bonds. The van der Waals surface area contributed by atoms with Gasteiger partial charge < -0.3 is 4.74 Å². The van der Waals surface area contributed by atoms with E-state index < -0.39 is 0 Å². The Morgan fingerprint density at radius 2 is 2.20 bits per heavy atom. The molecule has 0 N–H and O–H groups in total. The normalized spacial score (nSPS) is 20.3. The molecular formula is C8H12NO. The van der Waals surface area contributed by atoms with Crippen LogP contribution in [0.25, 0.3) is 0 Å². The van der Waals surface area contributed by atoms with Gasteiger partial charge in [-0.05, 0) is 0 Å². The van der Waals surface area contributed by atoms with Crippen LogP contribution in [-0.4, -0.2) is 31.2 Å². The van der Waals surface area contributed by atoms with Gasteiger partial charge >= 0.3 is 0 Å². The lowest BCUT2D eigenvalue weighted by Gasteiger charge is -2.25. The molecular weight excluding hydrogens is 126 g/mol. The van der Waals surface area contributed by atoms with E-state index in [0.717, 1.165) is 32.7 Å². The van der Waals surface area contributed by atoms with E-state index >= 15 is 0 Å². The van der Waals surface area contributed by atoms with Crippen LogP contribution in [-0.2, 0) is 4.74 Å². The first kappa shape index (κ1) is 7.59. The summed E-state index contributed by atoms with van der Waals surface area (Å²) in [7, 11) is 0. The summed E-state index contributed by atoms with van der Waals surface area (Å²) in [4.78, 5) is 2.21. The Morgan fingerprint density at radius 3 is 2.80 bits per heavy atom. The molecule has 0 aliphatic carbocycles. The Kier molecular flexibility index (Phi) is 3.28. The van der Waals surface area contributed by atoms with E-state index in [-0.39, 0.29) is 0 Å². The smallest absolute Gasteiger partial charge is 0.0594 e. The van der Waals surface area contributed by atoms with Gasteiger partial charge in [0.25, 0.3) is 0 Å². The van der Waals surface area contributed by atoms with E-state index in [1.54, 1.807) is 0 Å². The van der Waals surface area contributed by atoms with Gasteiger partial charge in [-0.15, -0.1) is 12.3 Å². The molecule has 1 heterocycles. The van der Waals surface area contributed by atoms with Gasteiger partial charge in [0.15, 0.2) is 0 Å². The maximum absolute atomic E-state index is 5.17. The van der Waals surface area contributed by atoms with Crippen molar-refractivity contribution >= 4 is 0 Å². The average Bonchev–Trinajstić information content (AvgIpc) is 2.03. The van der Waals surface area contributed by atoms with E-state index in [1.165, 1.54) is 0 Å². The monoisotopic (exact) mass is 138 g/mol. The zero-order valence-corrected chi connectivity index (χ0v) is 6.05. The molecule has 0 unspecified atom stereocenters. The van der Waals surface area contributed by atoms with E-state index in [9.17, 15) is 0 Å². The minimum atomic E-state index is 0.736. The molecule has 2 heteroatoms. The first-order valence-electron chi connectivity index (χ1n) is 3.52. The number of morpholine rings is 1. The van der Waals surface area contributed by atoms with Gasteiger partial charge in [0, 0.05) is 26.1 Å². The molecule has 0 atom stereocenters. The quantitative estimate of drug-likeness (QED) is 0.515. The molecule has 0 saturated carbocycles. The van der Waals surface area contributed by atoms with Crippen LogP contribution in [0.4, 0.5) is 0 Å². The van der Waals surface area contributed by atoms with Crippen LogP contribution in [0.15, 0.2) is 0 Å². The van der Waals surface area contributed by atoms with Crippen LogP contribution in [0.5, 0.6) is 0 Å². The molecule has 55 valence electrons. The molecule has 0 aromatic heterocycles. The molecule has 0 bridgehead atoms. The summed E-state index contributed by atoms with van der Waals surface area (Å²) in [6.45, 7) is 5.70. The fourth-order valence-electron chi connectivity index (χ4n) is 0.942. The molecule has 1 aliphatic rings. The second kappa shape index (κ2) is 4.32. The van der Waals surface area contributed by atoms with Crippen LogP contribution >= 0.6 is 0 Å². The molecule has 2 nitrogen and oxygen atoms in total. The topological polar surface area (TPSA) is 12.5 Å². The van der Waals surface area contributed by atoms with Crippen molar-refractivity contribution in [2.75, 3.05) is 26.3 Å². The highest BCUT2D eigenvalue weighted by molar-refractivity contribution is 4.90. The number of hydrogen-bond donors (Lipinski definition) is 0. The Hall–Kier alpha value is -0.520. The summed E-state index contributed by atoms with van der Waals surface area (Å²) in [5, 5.41) is 0. The lowest BCUT2D eigenvalue weighted by Crippen LogP contribution is -2.34. The summed E-state index contributed by atoms with van der Waals surface area (Å²) < 4.78 is 5.17. The van der Waals surface area contributed by atoms with Gasteiger partial charge in [-0.3, -0.25) is 4.90 Å². The van der Waals surface area contributed by atoms with Crippen molar-refractivity contribution in [2.24, 2.45) is 0 Å². The molecule has 0 aromatic carbocycles. The van der Waals surface area contributed by atoms with Crippen molar-refractivity contribution in [3.8, 4) is 12.3 Å². The van der Waals surface area contributed by atoms with E-state index in [2.05, 4.69) is 17.4 Å². The maximum atomic E-state index is 5.17. The average molecular weight is 138 g/mol. The Bertz CT molecular complexity index is 122. The summed E-state index contributed by atoms with van der Waals surface area (Å²) in [6.07, 6.45) is 5.84. The van der Waals surface area contributed by atoms with Crippen molar-refractivity contribution in [1.29, 1.82) is 0 Å². The van der Waals surface area contributed by atoms with E-state index in [4.69, 9.17) is 11.2 Å². The lowest BCUT2D eigenvalue weighted by molar-refractivity contribution is 0.0509. The molecule has 0 aromatic rings. The first-order chi connectivity index (χ1) is 4.93. The van der Waals surface area contributed by atoms with E-state index in [1.807, 2.05) is 0 Å². The van der Waals surface area contributed by atoms with Crippen molar-refractivity contribution in [3.63, 3.8) is 0 Å². The molecule has 0 spiro atoms. The van der Waals surface area contributed by atoms with Gasteiger partial charge in [-0.1, -0.05) is 0 Å². The van der Waals surface area contributed by atoms with Gasteiger partial charge in [-0.2, -0.15) is 0 Å². The predicted octanol–water partition coefficient (Wildman–Crippen LogP) is 0.504. The van der Waals surface area contributed by atoms with Gasteiger partial charge in [-0.25, -0.2) is 0 Å². The van der Waals surface area contributed by atoms with Gasteiger partial charge in [0.05, 0.1) is 13.2 Å². The molecule has 1 saturated heterocycles. The van der Waals surface area contributed by atoms with Crippen LogP contribution in [0, 0.1) is 18.9 Å². The Balaban J connectivity index is 2.09. The van der Waals surface area contributed by atoms with Crippen molar-refractivity contribution < 1.29 is 4.74 Å². The van der Waals surface area contributed by atoms with E-state index in [0.29, 0.717) is 0 Å². The van der Waals surface area contributed by atoms with Crippen LogP contribution in [0.2, 0.25) is 0 Å². The third-order valence-electron chi connectivity index (χ3n) is 1.51. The van der Waals surface area contributed by atoms with Crippen molar-refractivity contribution in [3.05, 3.63) is 6.54 Å². The lowest BCUT2D eigenvalue weighted by atomic mass is 10.3. The predicted molar refractivity (Wildman–Crippen MR) is 40.1 cm³/mol. The zero-order chi connectivity index (χ0) is 7.23. The number of terminal acetylenes is 1. The number of hydrogen-bond acceptors (Lipinski definition) is 2.